The number of amides is 1. The number of halogens is 3. The highest BCUT2D eigenvalue weighted by atomic mass is 32.2. The summed E-state index contributed by atoms with van der Waals surface area (Å²) in [6, 6.07) is 10.8. The van der Waals surface area contributed by atoms with Gasteiger partial charge in [0.25, 0.3) is 5.91 Å². The van der Waals surface area contributed by atoms with Crippen molar-refractivity contribution in [2.75, 3.05) is 19.8 Å². The van der Waals surface area contributed by atoms with Gasteiger partial charge < -0.3 is 14.2 Å². The fourth-order valence-corrected chi connectivity index (χ4v) is 4.20. The van der Waals surface area contributed by atoms with E-state index in [4.69, 9.17) is 19.6 Å². The van der Waals surface area contributed by atoms with Crippen LogP contribution >= 0.6 is 11.8 Å². The Kier molecular flexibility index (Phi) is 7.58. The standard InChI is InChI=1S/C25H23F3N4O4S/c1-4-34-20-13-16(7-8-18(20)35-9-10-36-19-11-14(2)5-6-15(19)3)12-17-21(29)32-24(30-22(17)33)37-23(31-32)25(26,27)28/h5-8,11-13,29H,4,9-10H2,1-3H3/b17-12-,29-21?. The van der Waals surface area contributed by atoms with Crippen molar-refractivity contribution < 1.29 is 32.2 Å². The number of nitrogens with one attached hydrogen (secondary N) is 1. The molecule has 2 aromatic carbocycles. The zero-order chi connectivity index (χ0) is 26.7. The lowest BCUT2D eigenvalue weighted by Crippen LogP contribution is -2.35. The van der Waals surface area contributed by atoms with Crippen LogP contribution in [0.3, 0.4) is 0 Å². The van der Waals surface area contributed by atoms with Crippen molar-refractivity contribution in [1.82, 2.24) is 5.01 Å². The van der Waals surface area contributed by atoms with Crippen LogP contribution < -0.4 is 14.2 Å². The van der Waals surface area contributed by atoms with Crippen molar-refractivity contribution in [2.24, 2.45) is 10.1 Å². The van der Waals surface area contributed by atoms with E-state index < -0.39 is 23.0 Å². The van der Waals surface area contributed by atoms with E-state index in [1.165, 1.54) is 6.08 Å². The van der Waals surface area contributed by atoms with Gasteiger partial charge in [0.2, 0.25) is 10.2 Å². The van der Waals surface area contributed by atoms with Gasteiger partial charge in [-0.25, -0.2) is 0 Å². The first-order valence-corrected chi connectivity index (χ1v) is 12.1. The van der Waals surface area contributed by atoms with Crippen molar-refractivity contribution in [3.8, 4) is 17.2 Å². The van der Waals surface area contributed by atoms with Gasteiger partial charge in [0.15, 0.2) is 17.3 Å². The van der Waals surface area contributed by atoms with Crippen LogP contribution in [-0.2, 0) is 4.79 Å². The number of rotatable bonds is 8. The van der Waals surface area contributed by atoms with Gasteiger partial charge in [-0.1, -0.05) is 18.2 Å². The second-order valence-corrected chi connectivity index (χ2v) is 8.98. The third-order valence-electron chi connectivity index (χ3n) is 5.22. The molecule has 0 spiro atoms. The Morgan fingerprint density at radius 2 is 1.76 bits per heavy atom. The molecule has 0 unspecified atom stereocenters. The van der Waals surface area contributed by atoms with Crippen molar-refractivity contribution in [1.29, 1.82) is 5.41 Å². The number of ether oxygens (including phenoxy) is 3. The maximum atomic E-state index is 13.0. The van der Waals surface area contributed by atoms with E-state index in [2.05, 4.69) is 10.1 Å². The maximum absolute atomic E-state index is 13.0. The second kappa shape index (κ2) is 10.7. The third-order valence-corrected chi connectivity index (χ3v) is 6.17. The Bertz CT molecular complexity index is 1340. The molecule has 37 heavy (non-hydrogen) atoms. The van der Waals surface area contributed by atoms with Crippen LogP contribution in [-0.4, -0.2) is 53.0 Å². The average Bonchev–Trinajstić information content (AvgIpc) is 3.28. The number of alkyl halides is 3. The molecule has 0 saturated heterocycles. The van der Waals surface area contributed by atoms with E-state index in [0.29, 0.717) is 35.3 Å². The number of hydrazone groups is 1. The summed E-state index contributed by atoms with van der Waals surface area (Å²) in [4.78, 5) is 16.2. The average molecular weight is 533 g/mol. The molecule has 0 fully saturated rings. The van der Waals surface area contributed by atoms with Gasteiger partial charge in [0, 0.05) is 0 Å². The van der Waals surface area contributed by atoms with Gasteiger partial charge in [-0.3, -0.25) is 10.2 Å². The number of aryl methyl sites for hydroxylation is 2. The van der Waals surface area contributed by atoms with E-state index in [9.17, 15) is 18.0 Å². The SMILES string of the molecule is CCOc1cc(/C=C2/C(=N)N3N=C(C(F)(F)F)SC3=NC2=O)ccc1OCCOc1cc(C)ccc1C. The first-order valence-electron chi connectivity index (χ1n) is 11.2. The topological polar surface area (TPSA) is 96.6 Å². The number of amidine groups is 2. The Labute approximate surface area is 215 Å². The molecular weight excluding hydrogens is 509 g/mol. The van der Waals surface area contributed by atoms with E-state index >= 15 is 0 Å². The molecule has 194 valence electrons. The highest BCUT2D eigenvalue weighted by molar-refractivity contribution is 8.27. The van der Waals surface area contributed by atoms with Crippen molar-refractivity contribution in [3.63, 3.8) is 0 Å². The number of aliphatic imine (C=N–C) groups is 1. The quantitative estimate of drug-likeness (QED) is 0.364. The predicted octanol–water partition coefficient (Wildman–Crippen LogP) is 5.34. The first kappa shape index (κ1) is 26.3. The molecule has 12 heteroatoms. The Balaban J connectivity index is 1.48. The monoisotopic (exact) mass is 532 g/mol. The Morgan fingerprint density at radius 3 is 2.46 bits per heavy atom. The molecule has 2 heterocycles. The van der Waals surface area contributed by atoms with Crippen LogP contribution in [0.4, 0.5) is 13.2 Å². The van der Waals surface area contributed by atoms with E-state index in [-0.39, 0.29) is 29.1 Å². The number of carbonyl (C=O) groups is 1. The molecule has 8 nitrogen and oxygen atoms in total. The molecule has 2 aromatic rings. The van der Waals surface area contributed by atoms with Crippen molar-refractivity contribution in [2.45, 2.75) is 26.9 Å². The molecule has 2 aliphatic rings. The zero-order valence-corrected chi connectivity index (χ0v) is 21.0. The third kappa shape index (κ3) is 5.96. The molecule has 0 bridgehead atoms. The minimum atomic E-state index is -4.70. The van der Waals surface area contributed by atoms with Crippen LogP contribution in [0.5, 0.6) is 17.2 Å². The molecule has 2 aliphatic heterocycles. The summed E-state index contributed by atoms with van der Waals surface area (Å²) >= 11 is 0.203. The molecule has 4 rings (SSSR count). The van der Waals surface area contributed by atoms with Crippen LogP contribution in [0.2, 0.25) is 0 Å². The van der Waals surface area contributed by atoms with Gasteiger partial charge in [0.1, 0.15) is 19.0 Å². The highest BCUT2D eigenvalue weighted by Crippen LogP contribution is 2.36. The number of thioether (sulfide) groups is 1. The molecule has 0 aliphatic carbocycles. The largest absolute Gasteiger partial charge is 0.490 e. The van der Waals surface area contributed by atoms with Crippen LogP contribution in [0.15, 0.2) is 52.1 Å². The summed E-state index contributed by atoms with van der Waals surface area (Å²) in [7, 11) is 0. The molecule has 0 aromatic heterocycles. The van der Waals surface area contributed by atoms with Gasteiger partial charge in [-0.2, -0.15) is 28.3 Å². The fourth-order valence-electron chi connectivity index (χ4n) is 3.44. The van der Waals surface area contributed by atoms with Gasteiger partial charge in [-0.15, -0.1) is 0 Å². The van der Waals surface area contributed by atoms with Crippen LogP contribution in [0.1, 0.15) is 23.6 Å². The van der Waals surface area contributed by atoms with Gasteiger partial charge >= 0.3 is 6.18 Å². The smallest absolute Gasteiger partial charge is 0.441 e. The molecule has 1 N–H and O–H groups in total. The number of carbonyl (C=O) groups excluding carboxylic acids is 1. The number of fused-ring (bicyclic) bond motifs is 1. The van der Waals surface area contributed by atoms with Crippen LogP contribution in [0, 0.1) is 19.3 Å². The fraction of sp³-hybridized carbons (Fsp3) is 0.280. The minimum absolute atomic E-state index is 0.199. The predicted molar refractivity (Wildman–Crippen MR) is 136 cm³/mol. The first-order chi connectivity index (χ1) is 17.6. The van der Waals surface area contributed by atoms with Crippen molar-refractivity contribution in [3.05, 3.63) is 58.7 Å². The highest BCUT2D eigenvalue weighted by Gasteiger charge is 2.46. The van der Waals surface area contributed by atoms with Gasteiger partial charge in [0.05, 0.1) is 12.2 Å². The number of nitrogens with zero attached hydrogens (tertiary/aromatic N) is 3. The normalized spacial score (nSPS) is 16.5. The Hall–Kier alpha value is -3.80. The van der Waals surface area contributed by atoms with Gasteiger partial charge in [-0.05, 0) is 73.5 Å². The van der Waals surface area contributed by atoms with Crippen molar-refractivity contribution >= 4 is 39.8 Å². The lowest BCUT2D eigenvalue weighted by Gasteiger charge is -2.20. The lowest BCUT2D eigenvalue weighted by atomic mass is 10.1. The second-order valence-electron chi connectivity index (χ2n) is 8.03. The maximum Gasteiger partial charge on any atom is 0.441 e. The molecule has 0 atom stereocenters. The van der Waals surface area contributed by atoms with E-state index in [0.717, 1.165) is 16.9 Å². The number of hydrogen-bond acceptors (Lipinski definition) is 7. The summed E-state index contributed by atoms with van der Waals surface area (Å²) in [5, 5.41) is 10.9. The van der Waals surface area contributed by atoms with Crippen LogP contribution in [0.25, 0.3) is 6.08 Å². The van der Waals surface area contributed by atoms with E-state index in [1.54, 1.807) is 25.1 Å². The molecule has 0 saturated carbocycles. The Morgan fingerprint density at radius 1 is 1.03 bits per heavy atom. The molecule has 0 radical (unpaired) electrons. The summed E-state index contributed by atoms with van der Waals surface area (Å²) in [5.41, 5.74) is 2.38. The summed E-state index contributed by atoms with van der Waals surface area (Å²) in [6.45, 7) is 6.65. The zero-order valence-electron chi connectivity index (χ0n) is 20.2. The molecule has 1 amide bonds. The lowest BCUT2D eigenvalue weighted by molar-refractivity contribution is -0.114. The molecular formula is C25H23F3N4O4S. The summed E-state index contributed by atoms with van der Waals surface area (Å²) in [6.07, 6.45) is -3.35. The summed E-state index contributed by atoms with van der Waals surface area (Å²) < 4.78 is 56.4. The van der Waals surface area contributed by atoms with E-state index in [1.807, 2.05) is 32.0 Å². The number of benzene rings is 2. The number of hydrogen-bond donors (Lipinski definition) is 1. The summed E-state index contributed by atoms with van der Waals surface area (Å²) in [5.74, 6) is 0.308. The minimum Gasteiger partial charge on any atom is -0.490 e.